The summed E-state index contributed by atoms with van der Waals surface area (Å²) in [6.07, 6.45) is 4.86. The molecule has 0 amide bonds. The molecule has 0 fully saturated rings. The van der Waals surface area contributed by atoms with Gasteiger partial charge >= 0.3 is 0 Å². The molecular weight excluding hydrogens is 512 g/mol. The fourth-order valence-corrected chi connectivity index (χ4v) is 6.11. The maximum absolute atomic E-state index is 3.78. The first kappa shape index (κ1) is 25.0. The van der Waals surface area contributed by atoms with E-state index in [0.29, 0.717) is 0 Å². The lowest BCUT2D eigenvalue weighted by Gasteiger charge is -2.34. The van der Waals surface area contributed by atoms with E-state index in [1.165, 1.54) is 70.0 Å². The van der Waals surface area contributed by atoms with Crippen molar-refractivity contribution in [2.45, 2.75) is 58.8 Å². The van der Waals surface area contributed by atoms with Crippen LogP contribution in [0.4, 0.5) is 0 Å². The summed E-state index contributed by atoms with van der Waals surface area (Å²) in [6.45, 7) is 16.0. The summed E-state index contributed by atoms with van der Waals surface area (Å²) in [7, 11) is 0. The van der Waals surface area contributed by atoms with E-state index in [1.54, 1.807) is 0 Å². The zero-order valence-corrected chi connectivity index (χ0v) is 22.9. The minimum atomic E-state index is 0.0958. The Morgan fingerprint density at radius 1 is 0.645 bits per heavy atom. The van der Waals surface area contributed by atoms with Crippen molar-refractivity contribution in [2.75, 3.05) is 39.3 Å². The van der Waals surface area contributed by atoms with Gasteiger partial charge in [-0.25, -0.2) is 0 Å². The highest BCUT2D eigenvalue weighted by Gasteiger charge is 2.42. The van der Waals surface area contributed by atoms with Crippen LogP contribution in [0.5, 0.6) is 0 Å². The minimum absolute atomic E-state index is 0.0958. The fraction of sp³-hybridized carbons (Fsp3) is 0.556. The van der Waals surface area contributed by atoms with Crippen LogP contribution < -0.4 is 0 Å². The van der Waals surface area contributed by atoms with E-state index in [4.69, 9.17) is 0 Å². The first-order valence-electron chi connectivity index (χ1n) is 12.0. The summed E-state index contributed by atoms with van der Waals surface area (Å²) >= 11 is 7.56. The van der Waals surface area contributed by atoms with Crippen LogP contribution in [0.15, 0.2) is 45.3 Å². The number of hydrogen-bond donors (Lipinski definition) is 0. The van der Waals surface area contributed by atoms with E-state index >= 15 is 0 Å². The van der Waals surface area contributed by atoms with Gasteiger partial charge in [0.05, 0.1) is 0 Å². The topological polar surface area (TPSA) is 6.48 Å². The van der Waals surface area contributed by atoms with E-state index in [0.717, 1.165) is 26.2 Å². The Hall–Kier alpha value is -0.680. The van der Waals surface area contributed by atoms with E-state index in [1.807, 2.05) is 0 Å². The van der Waals surface area contributed by atoms with E-state index < -0.39 is 0 Å². The van der Waals surface area contributed by atoms with E-state index in [-0.39, 0.29) is 5.41 Å². The van der Waals surface area contributed by atoms with Gasteiger partial charge in [0.1, 0.15) is 0 Å². The molecule has 0 radical (unpaired) electrons. The van der Waals surface area contributed by atoms with Gasteiger partial charge in [0.25, 0.3) is 0 Å². The second-order valence-electron chi connectivity index (χ2n) is 8.72. The largest absolute Gasteiger partial charge is 0.304 e. The quantitative estimate of drug-likeness (QED) is 0.267. The Balaban J connectivity index is 1.99. The number of fused-ring (bicyclic) bond motifs is 3. The van der Waals surface area contributed by atoms with Gasteiger partial charge in [0, 0.05) is 14.4 Å². The summed E-state index contributed by atoms with van der Waals surface area (Å²) < 4.78 is 2.38. The molecule has 0 saturated heterocycles. The molecule has 1 aliphatic carbocycles. The number of benzene rings is 2. The molecule has 0 atom stereocenters. The molecule has 4 heteroatoms. The third-order valence-corrected chi connectivity index (χ3v) is 8.22. The van der Waals surface area contributed by atoms with Crippen molar-refractivity contribution >= 4 is 31.9 Å². The van der Waals surface area contributed by atoms with Gasteiger partial charge in [-0.15, -0.1) is 0 Å². The first-order chi connectivity index (χ1) is 15.0. The molecule has 0 spiro atoms. The molecule has 0 heterocycles. The molecule has 0 aromatic heterocycles. The molecule has 0 bridgehead atoms. The van der Waals surface area contributed by atoms with Crippen molar-refractivity contribution in [2.24, 2.45) is 0 Å². The smallest absolute Gasteiger partial charge is 0.0217 e. The zero-order valence-electron chi connectivity index (χ0n) is 19.7. The zero-order chi connectivity index (χ0) is 22.4. The van der Waals surface area contributed by atoms with Crippen LogP contribution in [0.3, 0.4) is 0 Å². The third kappa shape index (κ3) is 5.46. The Kier molecular flexibility index (Phi) is 9.22. The second-order valence-corrected chi connectivity index (χ2v) is 10.6. The summed E-state index contributed by atoms with van der Waals surface area (Å²) in [5.74, 6) is 0. The van der Waals surface area contributed by atoms with Crippen molar-refractivity contribution in [1.29, 1.82) is 0 Å². The average Bonchev–Trinajstić information content (AvgIpc) is 3.03. The molecule has 2 aromatic rings. The van der Waals surface area contributed by atoms with Crippen LogP contribution in [-0.4, -0.2) is 49.1 Å². The lowest BCUT2D eigenvalue weighted by atomic mass is 9.71. The second kappa shape index (κ2) is 11.4. The fourth-order valence-electron chi connectivity index (χ4n) is 5.39. The third-order valence-electron chi connectivity index (χ3n) is 7.23. The molecule has 1 aliphatic rings. The number of nitrogens with zero attached hydrogens (tertiary/aromatic N) is 2. The summed E-state index contributed by atoms with van der Waals surface area (Å²) in [6, 6.07) is 13.8. The lowest BCUT2D eigenvalue weighted by Crippen LogP contribution is -2.31. The Morgan fingerprint density at radius 2 is 1.03 bits per heavy atom. The van der Waals surface area contributed by atoms with E-state index in [9.17, 15) is 0 Å². The van der Waals surface area contributed by atoms with Crippen LogP contribution in [0, 0.1) is 0 Å². The predicted octanol–water partition coefficient (Wildman–Crippen LogP) is 7.72. The molecule has 0 aliphatic heterocycles. The molecule has 3 rings (SSSR count). The highest BCUT2D eigenvalue weighted by molar-refractivity contribution is 9.10. The molecule has 0 saturated carbocycles. The minimum Gasteiger partial charge on any atom is -0.304 e. The van der Waals surface area contributed by atoms with Gasteiger partial charge in [0.15, 0.2) is 0 Å². The van der Waals surface area contributed by atoms with Crippen molar-refractivity contribution < 1.29 is 0 Å². The Labute approximate surface area is 206 Å². The van der Waals surface area contributed by atoms with Crippen molar-refractivity contribution in [3.05, 3.63) is 56.5 Å². The molecule has 2 nitrogen and oxygen atoms in total. The maximum atomic E-state index is 3.78. The molecule has 0 unspecified atom stereocenters. The number of hydrogen-bond acceptors (Lipinski definition) is 2. The molecule has 31 heavy (non-hydrogen) atoms. The van der Waals surface area contributed by atoms with Gasteiger partial charge in [-0.1, -0.05) is 71.7 Å². The number of halogens is 2. The van der Waals surface area contributed by atoms with Crippen molar-refractivity contribution in [3.8, 4) is 11.1 Å². The van der Waals surface area contributed by atoms with Crippen LogP contribution in [0.25, 0.3) is 11.1 Å². The first-order valence-corrected chi connectivity index (χ1v) is 13.6. The Morgan fingerprint density at radius 3 is 1.39 bits per heavy atom. The van der Waals surface area contributed by atoms with Gasteiger partial charge in [-0.05, 0) is 111 Å². The molecule has 170 valence electrons. The van der Waals surface area contributed by atoms with Crippen molar-refractivity contribution in [1.82, 2.24) is 9.80 Å². The van der Waals surface area contributed by atoms with Crippen LogP contribution >= 0.6 is 31.9 Å². The van der Waals surface area contributed by atoms with Crippen LogP contribution in [0.2, 0.25) is 0 Å². The highest BCUT2D eigenvalue weighted by atomic mass is 79.9. The van der Waals surface area contributed by atoms with Crippen molar-refractivity contribution in [3.63, 3.8) is 0 Å². The molecule has 2 aromatic carbocycles. The van der Waals surface area contributed by atoms with Crippen LogP contribution in [-0.2, 0) is 5.41 Å². The normalized spacial score (nSPS) is 14.3. The van der Waals surface area contributed by atoms with Gasteiger partial charge < -0.3 is 9.80 Å². The summed E-state index contributed by atoms with van der Waals surface area (Å²) in [5.41, 5.74) is 5.99. The van der Waals surface area contributed by atoms with Gasteiger partial charge in [-0.2, -0.15) is 0 Å². The highest BCUT2D eigenvalue weighted by Crippen LogP contribution is 2.54. The Bertz CT molecular complexity index is 785. The number of rotatable bonds is 12. The van der Waals surface area contributed by atoms with Crippen LogP contribution in [0.1, 0.15) is 64.5 Å². The van der Waals surface area contributed by atoms with Gasteiger partial charge in [-0.3, -0.25) is 0 Å². The summed E-state index contributed by atoms with van der Waals surface area (Å²) in [4.78, 5) is 5.12. The summed E-state index contributed by atoms with van der Waals surface area (Å²) in [5, 5.41) is 0. The average molecular weight is 550 g/mol. The molecule has 0 N–H and O–H groups in total. The van der Waals surface area contributed by atoms with Gasteiger partial charge in [0.2, 0.25) is 0 Å². The monoisotopic (exact) mass is 548 g/mol. The standard InChI is InChI=1S/C27H38Br2N2/c1-5-30(6-2)17-9-15-27(16-10-18-31(7-3)8-4)25-19-21(28)11-13-23(25)24-14-12-22(29)20-26(24)27/h11-14,19-20H,5-10,15-18H2,1-4H3. The molecular formula is C27H38Br2N2. The maximum Gasteiger partial charge on any atom is 0.0217 e. The predicted molar refractivity (Wildman–Crippen MR) is 142 cm³/mol. The lowest BCUT2D eigenvalue weighted by molar-refractivity contribution is 0.265. The SMILES string of the molecule is CCN(CC)CCCC1(CCCN(CC)CC)c2cc(Br)ccc2-c2ccc(Br)cc21. The van der Waals surface area contributed by atoms with E-state index in [2.05, 4.69) is 106 Å².